The summed E-state index contributed by atoms with van der Waals surface area (Å²) in [5.74, 6) is 0. The Labute approximate surface area is 104 Å². The van der Waals surface area contributed by atoms with Gasteiger partial charge in [-0.3, -0.25) is 0 Å². The van der Waals surface area contributed by atoms with Crippen molar-refractivity contribution in [1.29, 1.82) is 5.26 Å². The molecule has 1 heterocycles. The molecule has 0 spiro atoms. The molecule has 0 aromatic carbocycles. The first-order valence-corrected chi connectivity index (χ1v) is 6.91. The average molecular weight is 236 g/mol. The third-order valence-electron chi connectivity index (χ3n) is 4.92. The molecular formula is C14H24N2O. The summed E-state index contributed by atoms with van der Waals surface area (Å²) in [7, 11) is 0. The van der Waals surface area contributed by atoms with Gasteiger partial charge in [0.05, 0.1) is 17.1 Å². The monoisotopic (exact) mass is 236 g/mol. The largest absolute Gasteiger partial charge is 0.388 e. The van der Waals surface area contributed by atoms with Crippen molar-refractivity contribution in [1.82, 2.24) is 4.90 Å². The molecule has 0 amide bonds. The molecule has 0 bridgehead atoms. The van der Waals surface area contributed by atoms with E-state index in [1.54, 1.807) is 0 Å². The van der Waals surface area contributed by atoms with E-state index in [1.165, 1.54) is 0 Å². The Hall–Kier alpha value is -0.590. The van der Waals surface area contributed by atoms with Crippen LogP contribution < -0.4 is 0 Å². The highest BCUT2D eigenvalue weighted by atomic mass is 16.3. The van der Waals surface area contributed by atoms with E-state index in [4.69, 9.17) is 0 Å². The van der Waals surface area contributed by atoms with Gasteiger partial charge in [-0.05, 0) is 39.5 Å². The van der Waals surface area contributed by atoms with E-state index in [-0.39, 0.29) is 0 Å². The zero-order valence-electron chi connectivity index (χ0n) is 11.1. The number of piperidine rings is 1. The third kappa shape index (κ3) is 2.09. The summed E-state index contributed by atoms with van der Waals surface area (Å²) in [6, 6.07) is 3.01. The van der Waals surface area contributed by atoms with E-state index in [2.05, 4.69) is 24.8 Å². The number of nitrogens with zero attached hydrogens (tertiary/aromatic N) is 2. The molecule has 0 aromatic rings. The zero-order valence-corrected chi connectivity index (χ0v) is 11.1. The first kappa shape index (κ1) is 12.9. The van der Waals surface area contributed by atoms with Gasteiger partial charge in [0.2, 0.25) is 0 Å². The van der Waals surface area contributed by atoms with E-state index in [9.17, 15) is 10.4 Å². The molecule has 1 aliphatic carbocycles. The predicted octanol–water partition coefficient (Wildman–Crippen LogP) is 2.31. The van der Waals surface area contributed by atoms with Gasteiger partial charge in [0.15, 0.2) is 0 Å². The van der Waals surface area contributed by atoms with Crippen molar-refractivity contribution in [2.24, 2.45) is 5.41 Å². The fraction of sp³-hybridized carbons (Fsp3) is 0.929. The Morgan fingerprint density at radius 3 is 2.06 bits per heavy atom. The number of nitriles is 1. The van der Waals surface area contributed by atoms with E-state index in [1.807, 2.05) is 0 Å². The van der Waals surface area contributed by atoms with E-state index in [0.29, 0.717) is 6.04 Å². The lowest BCUT2D eigenvalue weighted by atomic mass is 9.66. The third-order valence-corrected chi connectivity index (χ3v) is 4.92. The fourth-order valence-electron chi connectivity index (χ4n) is 3.55. The quantitative estimate of drug-likeness (QED) is 0.800. The van der Waals surface area contributed by atoms with Crippen LogP contribution in [-0.2, 0) is 0 Å². The number of hydrogen-bond donors (Lipinski definition) is 1. The van der Waals surface area contributed by atoms with Gasteiger partial charge in [-0.2, -0.15) is 5.26 Å². The molecule has 0 aromatic heterocycles. The first-order valence-electron chi connectivity index (χ1n) is 6.91. The minimum absolute atomic E-state index is 0.448. The summed E-state index contributed by atoms with van der Waals surface area (Å²) in [6.45, 7) is 6.25. The normalized spacial score (nSPS) is 28.2. The van der Waals surface area contributed by atoms with Crippen LogP contribution in [0.1, 0.15) is 52.4 Å². The Kier molecular flexibility index (Phi) is 3.47. The maximum Gasteiger partial charge on any atom is 0.0861 e. The molecule has 3 heteroatoms. The number of likely N-dealkylation sites (tertiary alicyclic amines) is 1. The molecule has 1 aliphatic heterocycles. The van der Waals surface area contributed by atoms with Crippen LogP contribution in [0.5, 0.6) is 0 Å². The van der Waals surface area contributed by atoms with Crippen molar-refractivity contribution in [2.45, 2.75) is 64.0 Å². The highest BCUT2D eigenvalue weighted by molar-refractivity contribution is 5.14. The molecule has 2 rings (SSSR count). The summed E-state index contributed by atoms with van der Waals surface area (Å²) in [6.07, 6.45) is 5.51. The molecule has 0 atom stereocenters. The van der Waals surface area contributed by atoms with Crippen LogP contribution in [0.2, 0.25) is 0 Å². The van der Waals surface area contributed by atoms with Crippen molar-refractivity contribution >= 4 is 0 Å². The second kappa shape index (κ2) is 4.59. The lowest BCUT2D eigenvalue weighted by molar-refractivity contribution is -0.0983. The summed E-state index contributed by atoms with van der Waals surface area (Å²) >= 11 is 0. The van der Waals surface area contributed by atoms with Gasteiger partial charge in [0.1, 0.15) is 0 Å². The number of aliphatic hydroxyl groups is 1. The minimum Gasteiger partial charge on any atom is -0.388 e. The summed E-state index contributed by atoms with van der Waals surface area (Å²) in [5.41, 5.74) is -1.18. The highest BCUT2D eigenvalue weighted by Crippen LogP contribution is 2.50. The van der Waals surface area contributed by atoms with Crippen LogP contribution in [0.15, 0.2) is 0 Å². The zero-order chi connectivity index (χ0) is 12.5. The van der Waals surface area contributed by atoms with Crippen LogP contribution in [0.25, 0.3) is 0 Å². The summed E-state index contributed by atoms with van der Waals surface area (Å²) in [5, 5.41) is 20.4. The molecule has 2 fully saturated rings. The summed E-state index contributed by atoms with van der Waals surface area (Å²) in [4.78, 5) is 2.40. The van der Waals surface area contributed by atoms with Crippen molar-refractivity contribution in [2.75, 3.05) is 13.1 Å². The lowest BCUT2D eigenvalue weighted by Gasteiger charge is -2.47. The minimum atomic E-state index is -0.732. The topological polar surface area (TPSA) is 47.3 Å². The molecule has 17 heavy (non-hydrogen) atoms. The lowest BCUT2D eigenvalue weighted by Crippen LogP contribution is -2.54. The molecular weight excluding hydrogens is 212 g/mol. The van der Waals surface area contributed by atoms with Crippen LogP contribution in [0.3, 0.4) is 0 Å². The van der Waals surface area contributed by atoms with Gasteiger partial charge in [-0.1, -0.05) is 12.8 Å². The molecule has 0 unspecified atom stereocenters. The van der Waals surface area contributed by atoms with Gasteiger partial charge in [-0.15, -0.1) is 0 Å². The number of hydrogen-bond acceptors (Lipinski definition) is 3. The van der Waals surface area contributed by atoms with E-state index in [0.717, 1.165) is 51.6 Å². The molecule has 1 N–H and O–H groups in total. The number of rotatable bonds is 2. The highest BCUT2D eigenvalue weighted by Gasteiger charge is 2.53. The predicted molar refractivity (Wildman–Crippen MR) is 67.4 cm³/mol. The molecule has 1 saturated heterocycles. The van der Waals surface area contributed by atoms with Crippen LogP contribution in [0.4, 0.5) is 0 Å². The van der Waals surface area contributed by atoms with E-state index < -0.39 is 11.0 Å². The second-order valence-corrected chi connectivity index (χ2v) is 6.06. The molecule has 96 valence electrons. The maximum atomic E-state index is 10.9. The standard InChI is InChI=1S/C14H24N2O/c1-12(2)16-9-7-14(17,8-10-16)13(11-15)5-3-4-6-13/h12,17H,3-10H2,1-2H3. The Morgan fingerprint density at radius 1 is 1.12 bits per heavy atom. The molecule has 3 nitrogen and oxygen atoms in total. The van der Waals surface area contributed by atoms with Gasteiger partial charge in [-0.25, -0.2) is 0 Å². The Morgan fingerprint density at radius 2 is 1.65 bits per heavy atom. The summed E-state index contributed by atoms with van der Waals surface area (Å²) < 4.78 is 0. The SMILES string of the molecule is CC(C)N1CCC(O)(C2(C#N)CCCC2)CC1. The smallest absolute Gasteiger partial charge is 0.0861 e. The molecule has 2 aliphatic rings. The van der Waals surface area contributed by atoms with Crippen molar-refractivity contribution < 1.29 is 5.11 Å². The average Bonchev–Trinajstić information content (AvgIpc) is 2.79. The fourth-order valence-corrected chi connectivity index (χ4v) is 3.55. The van der Waals surface area contributed by atoms with Gasteiger partial charge >= 0.3 is 0 Å². The first-order chi connectivity index (χ1) is 8.03. The van der Waals surface area contributed by atoms with Crippen LogP contribution in [0, 0.1) is 16.7 Å². The van der Waals surface area contributed by atoms with Gasteiger partial charge in [0.25, 0.3) is 0 Å². The van der Waals surface area contributed by atoms with Crippen molar-refractivity contribution in [3.8, 4) is 6.07 Å². The molecule has 1 saturated carbocycles. The maximum absolute atomic E-state index is 10.9. The van der Waals surface area contributed by atoms with Crippen LogP contribution >= 0.6 is 0 Å². The van der Waals surface area contributed by atoms with Crippen LogP contribution in [-0.4, -0.2) is 34.7 Å². The van der Waals surface area contributed by atoms with Gasteiger partial charge < -0.3 is 10.0 Å². The molecule has 0 radical (unpaired) electrons. The second-order valence-electron chi connectivity index (χ2n) is 6.06. The van der Waals surface area contributed by atoms with Crippen molar-refractivity contribution in [3.05, 3.63) is 0 Å². The van der Waals surface area contributed by atoms with E-state index >= 15 is 0 Å². The van der Waals surface area contributed by atoms with Crippen molar-refractivity contribution in [3.63, 3.8) is 0 Å². The Bertz CT molecular complexity index is 305. The Balaban J connectivity index is 2.09. The van der Waals surface area contributed by atoms with Gasteiger partial charge in [0, 0.05) is 19.1 Å².